The van der Waals surface area contributed by atoms with E-state index in [1.165, 1.54) is 18.3 Å². The van der Waals surface area contributed by atoms with E-state index in [1.54, 1.807) is 13.0 Å². The van der Waals surface area contributed by atoms with Gasteiger partial charge in [0.25, 0.3) is 11.6 Å². The molecule has 1 amide bonds. The van der Waals surface area contributed by atoms with Crippen LogP contribution in [0.1, 0.15) is 16.1 Å². The molecule has 9 heteroatoms. The van der Waals surface area contributed by atoms with Gasteiger partial charge in [0.2, 0.25) is 0 Å². The summed E-state index contributed by atoms with van der Waals surface area (Å²) in [5.41, 5.74) is 0.821. The van der Waals surface area contributed by atoms with Crippen LogP contribution in [0.5, 0.6) is 0 Å². The van der Waals surface area contributed by atoms with Crippen LogP contribution in [-0.4, -0.2) is 20.8 Å². The van der Waals surface area contributed by atoms with Crippen LogP contribution in [0.4, 0.5) is 11.4 Å². The number of aromatic nitrogens is 2. The molecule has 0 spiro atoms. The number of hydrogen-bond acceptors (Lipinski definition) is 6. The highest BCUT2D eigenvalue weighted by Gasteiger charge is 2.20. The summed E-state index contributed by atoms with van der Waals surface area (Å²) in [4.78, 5) is 40.2. The first kappa shape index (κ1) is 14.4. The molecule has 0 aliphatic rings. The number of oxazole rings is 1. The molecule has 3 rings (SSSR count). The molecule has 0 saturated heterocycles. The van der Waals surface area contributed by atoms with Crippen molar-refractivity contribution in [3.05, 3.63) is 62.4 Å². The number of H-pyrrole nitrogens is 1. The second-order valence-corrected chi connectivity index (χ2v) is 4.78. The number of hydrogen-bond donors (Lipinski definition) is 2. The zero-order valence-electron chi connectivity index (χ0n) is 11.8. The SMILES string of the molecule is Cc1cc(C(=O)Nc2cc3oc(=O)[nH]c3cc2[N+](=O)[O-])ccn1. The van der Waals surface area contributed by atoms with Crippen LogP contribution in [-0.2, 0) is 0 Å². The molecule has 2 N–H and O–H groups in total. The fraction of sp³-hybridized carbons (Fsp3) is 0.0714. The number of carbonyl (C=O) groups is 1. The number of nitro benzene ring substituents is 1. The molecule has 9 nitrogen and oxygen atoms in total. The van der Waals surface area contributed by atoms with Gasteiger partial charge in [0.1, 0.15) is 5.69 Å². The molecule has 23 heavy (non-hydrogen) atoms. The minimum Gasteiger partial charge on any atom is -0.408 e. The van der Waals surface area contributed by atoms with Gasteiger partial charge in [-0.05, 0) is 19.1 Å². The maximum absolute atomic E-state index is 12.2. The Balaban J connectivity index is 2.04. The second-order valence-electron chi connectivity index (χ2n) is 4.78. The first-order valence-corrected chi connectivity index (χ1v) is 6.49. The second kappa shape index (κ2) is 5.37. The van der Waals surface area contributed by atoms with Crippen molar-refractivity contribution in [2.45, 2.75) is 6.92 Å². The Morgan fingerprint density at radius 2 is 2.17 bits per heavy atom. The van der Waals surface area contributed by atoms with Crippen LogP contribution >= 0.6 is 0 Å². The van der Waals surface area contributed by atoms with Crippen molar-refractivity contribution >= 4 is 28.4 Å². The smallest absolute Gasteiger partial charge is 0.408 e. The number of amides is 1. The van der Waals surface area contributed by atoms with E-state index in [-0.39, 0.29) is 22.5 Å². The number of aryl methyl sites for hydroxylation is 1. The van der Waals surface area contributed by atoms with Gasteiger partial charge in [-0.3, -0.25) is 24.9 Å². The molecule has 0 aliphatic carbocycles. The number of pyridine rings is 1. The molecule has 0 aliphatic heterocycles. The Labute approximate surface area is 128 Å². The van der Waals surface area contributed by atoms with Gasteiger partial charge >= 0.3 is 5.76 Å². The number of nitrogens with zero attached hydrogens (tertiary/aromatic N) is 2. The third kappa shape index (κ3) is 2.79. The Morgan fingerprint density at radius 3 is 2.87 bits per heavy atom. The van der Waals surface area contributed by atoms with Crippen LogP contribution in [0.2, 0.25) is 0 Å². The van der Waals surface area contributed by atoms with Crippen molar-refractivity contribution < 1.29 is 14.1 Å². The van der Waals surface area contributed by atoms with E-state index in [4.69, 9.17) is 4.42 Å². The molecule has 0 bridgehead atoms. The van der Waals surface area contributed by atoms with Crippen LogP contribution in [0.3, 0.4) is 0 Å². The Bertz CT molecular complexity index is 988. The van der Waals surface area contributed by atoms with Crippen molar-refractivity contribution in [3.8, 4) is 0 Å². The third-order valence-electron chi connectivity index (χ3n) is 3.14. The van der Waals surface area contributed by atoms with E-state index in [1.807, 2.05) is 0 Å². The highest BCUT2D eigenvalue weighted by molar-refractivity contribution is 6.06. The van der Waals surface area contributed by atoms with Gasteiger partial charge in [-0.2, -0.15) is 0 Å². The van der Waals surface area contributed by atoms with Gasteiger partial charge in [-0.25, -0.2) is 4.79 Å². The van der Waals surface area contributed by atoms with E-state index in [0.717, 1.165) is 6.07 Å². The summed E-state index contributed by atoms with van der Waals surface area (Å²) in [7, 11) is 0. The Morgan fingerprint density at radius 1 is 1.39 bits per heavy atom. The lowest BCUT2D eigenvalue weighted by Gasteiger charge is -2.06. The first-order chi connectivity index (χ1) is 10.9. The summed E-state index contributed by atoms with van der Waals surface area (Å²) in [5.74, 6) is -1.27. The average molecular weight is 314 g/mol. The molecular formula is C14H10N4O5. The molecular weight excluding hydrogens is 304 g/mol. The highest BCUT2D eigenvalue weighted by Crippen LogP contribution is 2.29. The van der Waals surface area contributed by atoms with E-state index in [9.17, 15) is 19.7 Å². The molecule has 2 aromatic heterocycles. The van der Waals surface area contributed by atoms with Crippen molar-refractivity contribution in [2.24, 2.45) is 0 Å². The lowest BCUT2D eigenvalue weighted by molar-refractivity contribution is -0.383. The molecule has 0 fully saturated rings. The number of anilines is 1. The average Bonchev–Trinajstić information content (AvgIpc) is 2.85. The first-order valence-electron chi connectivity index (χ1n) is 6.49. The van der Waals surface area contributed by atoms with Crippen LogP contribution in [0, 0.1) is 17.0 Å². The highest BCUT2D eigenvalue weighted by atomic mass is 16.6. The maximum atomic E-state index is 12.2. The molecule has 116 valence electrons. The predicted octanol–water partition coefficient (Wildman–Crippen LogP) is 1.99. The molecule has 0 radical (unpaired) electrons. The van der Waals surface area contributed by atoms with Crippen molar-refractivity contribution in [2.75, 3.05) is 5.32 Å². The van der Waals surface area contributed by atoms with E-state index in [2.05, 4.69) is 15.3 Å². The third-order valence-corrected chi connectivity index (χ3v) is 3.14. The standard InChI is InChI=1S/C14H10N4O5/c1-7-4-8(2-3-15-7)13(19)16-9-6-12-10(17-14(20)23-12)5-11(9)18(21)22/h2-6H,1H3,(H,16,19)(H,17,20). The summed E-state index contributed by atoms with van der Waals surface area (Å²) in [6.45, 7) is 1.72. The zero-order valence-corrected chi connectivity index (χ0v) is 11.8. The van der Waals surface area contributed by atoms with Crippen molar-refractivity contribution in [1.82, 2.24) is 9.97 Å². The minimum atomic E-state index is -0.734. The topological polar surface area (TPSA) is 131 Å². The van der Waals surface area contributed by atoms with Gasteiger partial charge in [0, 0.05) is 29.6 Å². The summed E-state index contributed by atoms with van der Waals surface area (Å²) in [5, 5.41) is 13.6. The Kier molecular flexibility index (Phi) is 3.37. The van der Waals surface area contributed by atoms with Gasteiger partial charge in [-0.15, -0.1) is 0 Å². The Hall–Kier alpha value is -3.49. The number of carbonyl (C=O) groups excluding carboxylic acids is 1. The van der Waals surface area contributed by atoms with Gasteiger partial charge in [-0.1, -0.05) is 0 Å². The molecule has 1 aromatic carbocycles. The lowest BCUT2D eigenvalue weighted by atomic mass is 10.2. The van der Waals surface area contributed by atoms with Crippen LogP contribution < -0.4 is 11.1 Å². The van der Waals surface area contributed by atoms with E-state index in [0.29, 0.717) is 11.3 Å². The fourth-order valence-electron chi connectivity index (χ4n) is 2.12. The van der Waals surface area contributed by atoms with E-state index >= 15 is 0 Å². The molecule has 0 atom stereocenters. The van der Waals surface area contributed by atoms with Gasteiger partial charge in [0.15, 0.2) is 5.58 Å². The molecule has 2 heterocycles. The zero-order chi connectivity index (χ0) is 16.6. The van der Waals surface area contributed by atoms with Crippen molar-refractivity contribution in [1.29, 1.82) is 0 Å². The van der Waals surface area contributed by atoms with Crippen LogP contribution in [0.25, 0.3) is 11.1 Å². The maximum Gasteiger partial charge on any atom is 0.417 e. The number of nitrogens with one attached hydrogen (secondary N) is 2. The number of aromatic amines is 1. The summed E-state index contributed by atoms with van der Waals surface area (Å²) in [6, 6.07) is 5.41. The molecule has 0 saturated carbocycles. The van der Waals surface area contributed by atoms with Gasteiger partial charge in [0.05, 0.1) is 10.4 Å². The molecule has 3 aromatic rings. The number of rotatable bonds is 3. The van der Waals surface area contributed by atoms with Crippen molar-refractivity contribution in [3.63, 3.8) is 0 Å². The number of benzene rings is 1. The summed E-state index contributed by atoms with van der Waals surface area (Å²) >= 11 is 0. The minimum absolute atomic E-state index is 0.0651. The number of nitro groups is 1. The summed E-state index contributed by atoms with van der Waals surface area (Å²) < 4.78 is 4.85. The lowest BCUT2D eigenvalue weighted by Crippen LogP contribution is -2.13. The summed E-state index contributed by atoms with van der Waals surface area (Å²) in [6.07, 6.45) is 1.47. The van der Waals surface area contributed by atoms with Gasteiger partial charge < -0.3 is 9.73 Å². The van der Waals surface area contributed by atoms with Crippen LogP contribution in [0.15, 0.2) is 39.7 Å². The fourth-order valence-corrected chi connectivity index (χ4v) is 2.12. The predicted molar refractivity (Wildman–Crippen MR) is 80.4 cm³/mol. The monoisotopic (exact) mass is 314 g/mol. The van der Waals surface area contributed by atoms with E-state index < -0.39 is 16.6 Å². The molecule has 0 unspecified atom stereocenters. The normalized spacial score (nSPS) is 10.7. The largest absolute Gasteiger partial charge is 0.417 e. The number of fused-ring (bicyclic) bond motifs is 1. The quantitative estimate of drug-likeness (QED) is 0.561.